The predicted octanol–water partition coefficient (Wildman–Crippen LogP) is 4.22. The zero-order chi connectivity index (χ0) is 20.7. The molecule has 0 aliphatic carbocycles. The molecule has 0 fully saturated rings. The van der Waals surface area contributed by atoms with Crippen molar-refractivity contribution < 1.29 is 23.8 Å². The minimum Gasteiger partial charge on any atom is -0.495 e. The molecule has 0 unspecified atom stereocenters. The van der Waals surface area contributed by atoms with Crippen molar-refractivity contribution in [3.63, 3.8) is 0 Å². The summed E-state index contributed by atoms with van der Waals surface area (Å²) in [5.74, 6) is 0.661. The van der Waals surface area contributed by atoms with Gasteiger partial charge < -0.3 is 19.5 Å². The molecule has 0 aliphatic rings. The van der Waals surface area contributed by atoms with Gasteiger partial charge in [0.1, 0.15) is 11.5 Å². The van der Waals surface area contributed by atoms with E-state index in [1.807, 2.05) is 39.0 Å². The van der Waals surface area contributed by atoms with Crippen LogP contribution in [0.1, 0.15) is 36.7 Å². The van der Waals surface area contributed by atoms with Crippen LogP contribution in [0.2, 0.25) is 0 Å². The molecule has 6 nitrogen and oxygen atoms in total. The van der Waals surface area contributed by atoms with Crippen molar-refractivity contribution in [1.82, 2.24) is 0 Å². The molecule has 1 amide bonds. The molecule has 0 aromatic heterocycles. The SMILES string of the molecule is COc1ccc(C)cc1NC(=O)c1ccc(O[C@H](C)C(=O)OCC(C)C)cc1. The smallest absolute Gasteiger partial charge is 0.347 e. The largest absolute Gasteiger partial charge is 0.495 e. The summed E-state index contributed by atoms with van der Waals surface area (Å²) in [5.41, 5.74) is 2.08. The average Bonchev–Trinajstić information content (AvgIpc) is 2.66. The van der Waals surface area contributed by atoms with Gasteiger partial charge in [-0.15, -0.1) is 0 Å². The zero-order valence-corrected chi connectivity index (χ0v) is 16.9. The fraction of sp³-hybridized carbons (Fsp3) is 0.364. The van der Waals surface area contributed by atoms with Gasteiger partial charge in [0.15, 0.2) is 6.10 Å². The van der Waals surface area contributed by atoms with Crippen molar-refractivity contribution in [2.24, 2.45) is 5.92 Å². The van der Waals surface area contributed by atoms with E-state index in [1.54, 1.807) is 38.3 Å². The minimum absolute atomic E-state index is 0.264. The minimum atomic E-state index is -0.727. The first-order chi connectivity index (χ1) is 13.3. The van der Waals surface area contributed by atoms with Crippen molar-refractivity contribution in [3.8, 4) is 11.5 Å². The number of methoxy groups -OCH3 is 1. The van der Waals surface area contributed by atoms with Gasteiger partial charge in [0.25, 0.3) is 5.91 Å². The number of anilines is 1. The molecule has 1 N–H and O–H groups in total. The summed E-state index contributed by atoms with van der Waals surface area (Å²) in [5, 5.41) is 2.85. The molecule has 6 heteroatoms. The standard InChI is InChI=1S/C22H27NO5/c1-14(2)13-27-22(25)16(4)28-18-9-7-17(8-10-18)21(24)23-19-12-15(3)6-11-20(19)26-5/h6-12,14,16H,13H2,1-5H3,(H,23,24)/t16-/m1/s1. The summed E-state index contributed by atoms with van der Waals surface area (Å²) < 4.78 is 16.0. The first-order valence-corrected chi connectivity index (χ1v) is 9.19. The van der Waals surface area contributed by atoms with Gasteiger partial charge in [0.05, 0.1) is 19.4 Å². The number of esters is 1. The van der Waals surface area contributed by atoms with Crippen LogP contribution in [-0.4, -0.2) is 31.7 Å². The molecule has 0 heterocycles. The van der Waals surface area contributed by atoms with Crippen molar-refractivity contribution in [1.29, 1.82) is 0 Å². The van der Waals surface area contributed by atoms with Crippen LogP contribution in [0.4, 0.5) is 5.69 Å². The molecule has 1 atom stereocenters. The number of ether oxygens (including phenoxy) is 3. The lowest BCUT2D eigenvalue weighted by molar-refractivity contribution is -0.152. The monoisotopic (exact) mass is 385 g/mol. The van der Waals surface area contributed by atoms with Gasteiger partial charge in [-0.25, -0.2) is 4.79 Å². The summed E-state index contributed by atoms with van der Waals surface area (Å²) in [6, 6.07) is 12.1. The van der Waals surface area contributed by atoms with Gasteiger partial charge in [-0.05, 0) is 61.7 Å². The Morgan fingerprint density at radius 1 is 1.04 bits per heavy atom. The Labute approximate surface area is 165 Å². The summed E-state index contributed by atoms with van der Waals surface area (Å²) in [6.07, 6.45) is -0.727. The Morgan fingerprint density at radius 3 is 2.32 bits per heavy atom. The van der Waals surface area contributed by atoms with E-state index in [2.05, 4.69) is 5.32 Å². The second-order valence-corrected chi connectivity index (χ2v) is 6.97. The highest BCUT2D eigenvalue weighted by molar-refractivity contribution is 6.05. The molecule has 0 saturated heterocycles. The number of nitrogens with one attached hydrogen (secondary N) is 1. The highest BCUT2D eigenvalue weighted by atomic mass is 16.6. The molecular formula is C22H27NO5. The van der Waals surface area contributed by atoms with Crippen LogP contribution in [0.25, 0.3) is 0 Å². The number of carbonyl (C=O) groups is 2. The fourth-order valence-electron chi connectivity index (χ4n) is 2.42. The Kier molecular flexibility index (Phi) is 7.44. The second kappa shape index (κ2) is 9.78. The first kappa shape index (κ1) is 21.3. The van der Waals surface area contributed by atoms with Crippen LogP contribution in [0.15, 0.2) is 42.5 Å². The van der Waals surface area contributed by atoms with Crippen LogP contribution in [0.3, 0.4) is 0 Å². The molecule has 2 aromatic rings. The van der Waals surface area contributed by atoms with Crippen LogP contribution in [0.5, 0.6) is 11.5 Å². The second-order valence-electron chi connectivity index (χ2n) is 6.97. The third-order valence-corrected chi connectivity index (χ3v) is 3.92. The van der Waals surface area contributed by atoms with Crippen molar-refractivity contribution >= 4 is 17.6 Å². The maximum atomic E-state index is 12.5. The normalized spacial score (nSPS) is 11.6. The van der Waals surface area contributed by atoms with Crippen LogP contribution in [0, 0.1) is 12.8 Å². The van der Waals surface area contributed by atoms with Gasteiger partial charge in [-0.2, -0.15) is 0 Å². The maximum Gasteiger partial charge on any atom is 0.347 e. The fourth-order valence-corrected chi connectivity index (χ4v) is 2.42. The maximum absolute atomic E-state index is 12.5. The molecule has 28 heavy (non-hydrogen) atoms. The van der Waals surface area contributed by atoms with Crippen molar-refractivity contribution in [2.45, 2.75) is 33.8 Å². The van der Waals surface area contributed by atoms with E-state index in [4.69, 9.17) is 14.2 Å². The molecule has 0 saturated carbocycles. The summed E-state index contributed by atoms with van der Waals surface area (Å²) in [6.45, 7) is 7.86. The van der Waals surface area contributed by atoms with Crippen LogP contribution in [-0.2, 0) is 9.53 Å². The quantitative estimate of drug-likeness (QED) is 0.689. The van der Waals surface area contributed by atoms with E-state index in [9.17, 15) is 9.59 Å². The number of carbonyl (C=O) groups excluding carboxylic acids is 2. The number of hydrogen-bond acceptors (Lipinski definition) is 5. The topological polar surface area (TPSA) is 73.9 Å². The molecule has 0 radical (unpaired) electrons. The number of amides is 1. The lowest BCUT2D eigenvalue weighted by Crippen LogP contribution is -2.27. The molecule has 0 aliphatic heterocycles. The highest BCUT2D eigenvalue weighted by Gasteiger charge is 2.17. The lowest BCUT2D eigenvalue weighted by atomic mass is 10.1. The summed E-state index contributed by atoms with van der Waals surface area (Å²) >= 11 is 0. The number of hydrogen-bond donors (Lipinski definition) is 1. The molecule has 0 spiro atoms. The third kappa shape index (κ3) is 6.01. The number of aryl methyl sites for hydroxylation is 1. The third-order valence-electron chi connectivity index (χ3n) is 3.92. The van der Waals surface area contributed by atoms with E-state index in [0.29, 0.717) is 29.4 Å². The first-order valence-electron chi connectivity index (χ1n) is 9.19. The predicted molar refractivity (Wildman–Crippen MR) is 108 cm³/mol. The molecule has 0 bridgehead atoms. The van der Waals surface area contributed by atoms with E-state index in [1.165, 1.54) is 0 Å². The molecular weight excluding hydrogens is 358 g/mol. The van der Waals surface area contributed by atoms with E-state index in [0.717, 1.165) is 5.56 Å². The van der Waals surface area contributed by atoms with Gasteiger partial charge in [-0.1, -0.05) is 19.9 Å². The van der Waals surface area contributed by atoms with E-state index >= 15 is 0 Å². The van der Waals surface area contributed by atoms with E-state index < -0.39 is 12.1 Å². The highest BCUT2D eigenvalue weighted by Crippen LogP contribution is 2.26. The van der Waals surface area contributed by atoms with Gasteiger partial charge in [-0.3, -0.25) is 4.79 Å². The molecule has 150 valence electrons. The van der Waals surface area contributed by atoms with Crippen molar-refractivity contribution in [3.05, 3.63) is 53.6 Å². The molecule has 2 rings (SSSR count). The zero-order valence-electron chi connectivity index (χ0n) is 16.9. The summed E-state index contributed by atoms with van der Waals surface area (Å²) in [7, 11) is 1.56. The molecule has 2 aromatic carbocycles. The van der Waals surface area contributed by atoms with Gasteiger partial charge >= 0.3 is 5.97 Å². The Bertz CT molecular complexity index is 814. The van der Waals surface area contributed by atoms with Crippen LogP contribution < -0.4 is 14.8 Å². The summed E-state index contributed by atoms with van der Waals surface area (Å²) in [4.78, 5) is 24.4. The van der Waals surface area contributed by atoms with Gasteiger partial charge in [0.2, 0.25) is 0 Å². The van der Waals surface area contributed by atoms with Crippen LogP contribution >= 0.6 is 0 Å². The number of rotatable bonds is 8. The van der Waals surface area contributed by atoms with Crippen molar-refractivity contribution in [2.75, 3.05) is 19.0 Å². The van der Waals surface area contributed by atoms with Gasteiger partial charge in [0, 0.05) is 5.56 Å². The Morgan fingerprint density at radius 2 is 1.71 bits per heavy atom. The Hall–Kier alpha value is -3.02. The average molecular weight is 385 g/mol. The lowest BCUT2D eigenvalue weighted by Gasteiger charge is -2.15. The number of benzene rings is 2. The van der Waals surface area contributed by atoms with E-state index in [-0.39, 0.29) is 11.8 Å². The Balaban J connectivity index is 1.99.